The molecule has 2 aliphatic heterocycles. The van der Waals surface area contributed by atoms with Gasteiger partial charge in [0.15, 0.2) is 0 Å². The highest BCUT2D eigenvalue weighted by Crippen LogP contribution is 2.24. The van der Waals surface area contributed by atoms with Crippen molar-refractivity contribution in [1.82, 2.24) is 14.7 Å². The van der Waals surface area contributed by atoms with Gasteiger partial charge in [-0.05, 0) is 12.1 Å². The van der Waals surface area contributed by atoms with E-state index in [1.165, 1.54) is 0 Å². The molecule has 0 radical (unpaired) electrons. The first-order valence-electron chi connectivity index (χ1n) is 10.8. The lowest BCUT2D eigenvalue weighted by Crippen LogP contribution is -2.54. The van der Waals surface area contributed by atoms with Gasteiger partial charge < -0.3 is 19.3 Å². The number of ether oxygens (including phenoxy) is 2. The second kappa shape index (κ2) is 10.4. The minimum absolute atomic E-state index is 0.0738. The number of nitrogens with zero attached hydrogens (tertiary/aromatic N) is 3. The van der Waals surface area contributed by atoms with Crippen molar-refractivity contribution >= 4 is 11.8 Å². The van der Waals surface area contributed by atoms with Gasteiger partial charge in [0.25, 0.3) is 5.91 Å². The molecule has 4 rings (SSSR count). The summed E-state index contributed by atoms with van der Waals surface area (Å²) in [6.07, 6.45) is -0.709. The molecule has 2 aliphatic rings. The standard InChI is InChI=1S/C24H29N3O4/c28-22(19-25-15-17-30-18-16-25)26-11-13-27(14-12-26)24(29)23(20-7-3-1-4-8-20)31-21-9-5-2-6-10-21/h1-10,23H,11-19H2. The Morgan fingerprint density at radius 2 is 1.39 bits per heavy atom. The van der Waals surface area contributed by atoms with Crippen molar-refractivity contribution < 1.29 is 19.1 Å². The zero-order chi connectivity index (χ0) is 21.5. The van der Waals surface area contributed by atoms with E-state index in [9.17, 15) is 9.59 Å². The Morgan fingerprint density at radius 1 is 0.806 bits per heavy atom. The Labute approximate surface area is 183 Å². The zero-order valence-electron chi connectivity index (χ0n) is 17.7. The number of carbonyl (C=O) groups is 2. The zero-order valence-corrected chi connectivity index (χ0v) is 17.7. The smallest absolute Gasteiger partial charge is 0.268 e. The third-order valence-electron chi connectivity index (χ3n) is 5.73. The molecule has 7 heteroatoms. The molecule has 2 fully saturated rings. The van der Waals surface area contributed by atoms with E-state index in [0.717, 1.165) is 18.7 Å². The van der Waals surface area contributed by atoms with Crippen molar-refractivity contribution in [3.8, 4) is 5.75 Å². The highest BCUT2D eigenvalue weighted by atomic mass is 16.5. The third kappa shape index (κ3) is 5.62. The molecule has 1 unspecified atom stereocenters. The highest BCUT2D eigenvalue weighted by molar-refractivity contribution is 5.83. The van der Waals surface area contributed by atoms with Gasteiger partial charge in [0.2, 0.25) is 12.0 Å². The van der Waals surface area contributed by atoms with Crippen molar-refractivity contribution in [2.45, 2.75) is 6.10 Å². The normalized spacial score (nSPS) is 18.5. The van der Waals surface area contributed by atoms with E-state index in [1.807, 2.05) is 65.6 Å². The summed E-state index contributed by atoms with van der Waals surface area (Å²) in [6, 6.07) is 19.0. The number of piperazine rings is 1. The third-order valence-corrected chi connectivity index (χ3v) is 5.73. The van der Waals surface area contributed by atoms with Gasteiger partial charge >= 0.3 is 0 Å². The fourth-order valence-corrected chi connectivity index (χ4v) is 3.92. The summed E-state index contributed by atoms with van der Waals surface area (Å²) in [6.45, 7) is 5.46. The molecule has 2 aromatic rings. The Bertz CT molecular complexity index is 848. The molecule has 0 aliphatic carbocycles. The second-order valence-electron chi connectivity index (χ2n) is 7.82. The second-order valence-corrected chi connectivity index (χ2v) is 7.82. The van der Waals surface area contributed by atoms with E-state index in [2.05, 4.69) is 4.90 Å². The number of carbonyl (C=O) groups excluding carboxylic acids is 2. The van der Waals surface area contributed by atoms with Gasteiger partial charge in [-0.25, -0.2) is 0 Å². The van der Waals surface area contributed by atoms with Crippen molar-refractivity contribution in [2.75, 3.05) is 59.0 Å². The van der Waals surface area contributed by atoms with Crippen LogP contribution in [0.15, 0.2) is 60.7 Å². The van der Waals surface area contributed by atoms with E-state index in [1.54, 1.807) is 4.90 Å². The molecule has 2 aromatic carbocycles. The van der Waals surface area contributed by atoms with Gasteiger partial charge in [-0.1, -0.05) is 48.5 Å². The lowest BCUT2D eigenvalue weighted by atomic mass is 10.1. The SMILES string of the molecule is O=C(CN1CCOCC1)N1CCN(C(=O)C(Oc2ccccc2)c2ccccc2)CC1. The van der Waals surface area contributed by atoms with E-state index in [0.29, 0.717) is 51.7 Å². The Morgan fingerprint density at radius 3 is 2.03 bits per heavy atom. The van der Waals surface area contributed by atoms with Crippen LogP contribution in [0.25, 0.3) is 0 Å². The number of benzene rings is 2. The van der Waals surface area contributed by atoms with E-state index < -0.39 is 6.10 Å². The van der Waals surface area contributed by atoms with Crippen LogP contribution in [0.5, 0.6) is 5.75 Å². The summed E-state index contributed by atoms with van der Waals surface area (Å²) >= 11 is 0. The van der Waals surface area contributed by atoms with Gasteiger partial charge in [0.05, 0.1) is 19.8 Å². The van der Waals surface area contributed by atoms with Gasteiger partial charge in [0.1, 0.15) is 5.75 Å². The minimum atomic E-state index is -0.709. The van der Waals surface area contributed by atoms with E-state index in [-0.39, 0.29) is 11.8 Å². The summed E-state index contributed by atoms with van der Waals surface area (Å²) in [5.41, 5.74) is 0.821. The Kier molecular flexibility index (Phi) is 7.17. The van der Waals surface area contributed by atoms with Crippen molar-refractivity contribution in [2.24, 2.45) is 0 Å². The average Bonchev–Trinajstić information content (AvgIpc) is 2.84. The molecule has 31 heavy (non-hydrogen) atoms. The van der Waals surface area contributed by atoms with Crippen LogP contribution in [0.3, 0.4) is 0 Å². The maximum Gasteiger partial charge on any atom is 0.268 e. The van der Waals surface area contributed by atoms with Crippen LogP contribution in [0.1, 0.15) is 11.7 Å². The lowest BCUT2D eigenvalue weighted by molar-refractivity contribution is -0.145. The number of amides is 2. The van der Waals surface area contributed by atoms with Crippen LogP contribution in [0, 0.1) is 0 Å². The maximum absolute atomic E-state index is 13.4. The topological polar surface area (TPSA) is 62.3 Å². The summed E-state index contributed by atoms with van der Waals surface area (Å²) in [4.78, 5) is 31.8. The molecule has 0 aromatic heterocycles. The molecule has 0 N–H and O–H groups in total. The fourth-order valence-electron chi connectivity index (χ4n) is 3.92. The largest absolute Gasteiger partial charge is 0.476 e. The minimum Gasteiger partial charge on any atom is -0.476 e. The van der Waals surface area contributed by atoms with Crippen molar-refractivity contribution in [3.05, 3.63) is 66.2 Å². The van der Waals surface area contributed by atoms with Crippen molar-refractivity contribution in [3.63, 3.8) is 0 Å². The van der Waals surface area contributed by atoms with Crippen LogP contribution in [0.2, 0.25) is 0 Å². The molecule has 2 amide bonds. The predicted molar refractivity (Wildman–Crippen MR) is 117 cm³/mol. The average molecular weight is 424 g/mol. The van der Waals surface area contributed by atoms with E-state index >= 15 is 0 Å². The molecule has 0 spiro atoms. The molecular weight excluding hydrogens is 394 g/mol. The first-order chi connectivity index (χ1) is 15.2. The van der Waals surface area contributed by atoms with Crippen LogP contribution in [-0.4, -0.2) is 85.5 Å². The summed E-state index contributed by atoms with van der Waals surface area (Å²) < 4.78 is 11.4. The molecule has 0 saturated carbocycles. The van der Waals surface area contributed by atoms with Gasteiger partial charge in [-0.2, -0.15) is 0 Å². The van der Waals surface area contributed by atoms with Crippen LogP contribution in [0.4, 0.5) is 0 Å². The summed E-state index contributed by atoms with van der Waals surface area (Å²) in [5.74, 6) is 0.702. The van der Waals surface area contributed by atoms with Crippen LogP contribution in [-0.2, 0) is 14.3 Å². The first-order valence-corrected chi connectivity index (χ1v) is 10.8. The Balaban J connectivity index is 1.37. The molecule has 7 nitrogen and oxygen atoms in total. The molecule has 2 heterocycles. The van der Waals surface area contributed by atoms with Gasteiger partial charge in [-0.15, -0.1) is 0 Å². The fraction of sp³-hybridized carbons (Fsp3) is 0.417. The number of hydrogen-bond donors (Lipinski definition) is 0. The molecule has 0 bridgehead atoms. The maximum atomic E-state index is 13.4. The van der Waals surface area contributed by atoms with Crippen LogP contribution < -0.4 is 4.74 Å². The summed E-state index contributed by atoms with van der Waals surface area (Å²) in [5, 5.41) is 0. The highest BCUT2D eigenvalue weighted by Gasteiger charge is 2.31. The van der Waals surface area contributed by atoms with Gasteiger partial charge in [-0.3, -0.25) is 14.5 Å². The molecule has 2 saturated heterocycles. The number of morpholine rings is 1. The predicted octanol–water partition coefficient (Wildman–Crippen LogP) is 1.81. The molecule has 164 valence electrons. The quantitative estimate of drug-likeness (QED) is 0.709. The number of rotatable bonds is 6. The first kappa shape index (κ1) is 21.3. The molecular formula is C24H29N3O4. The van der Waals surface area contributed by atoms with Crippen molar-refractivity contribution in [1.29, 1.82) is 0 Å². The number of hydrogen-bond acceptors (Lipinski definition) is 5. The Hall–Kier alpha value is -2.90. The molecule has 1 atom stereocenters. The summed E-state index contributed by atoms with van der Waals surface area (Å²) in [7, 11) is 0. The van der Waals surface area contributed by atoms with E-state index in [4.69, 9.17) is 9.47 Å². The lowest BCUT2D eigenvalue weighted by Gasteiger charge is -2.37. The van der Waals surface area contributed by atoms with Crippen LogP contribution >= 0.6 is 0 Å². The number of para-hydroxylation sites is 1. The van der Waals surface area contributed by atoms with Gasteiger partial charge in [0, 0.05) is 44.8 Å². The monoisotopic (exact) mass is 423 g/mol.